The van der Waals surface area contributed by atoms with Crippen LogP contribution in [0.3, 0.4) is 0 Å². The van der Waals surface area contributed by atoms with Crippen LogP contribution >= 0.6 is 0 Å². The van der Waals surface area contributed by atoms with Crippen molar-refractivity contribution in [3.05, 3.63) is 59.4 Å². The number of nitrogens with zero attached hydrogens (tertiary/aromatic N) is 3. The Morgan fingerprint density at radius 2 is 2.29 bits per heavy atom. The van der Waals surface area contributed by atoms with E-state index in [4.69, 9.17) is 0 Å². The fourth-order valence-electron chi connectivity index (χ4n) is 2.94. The second kappa shape index (κ2) is 6.92. The van der Waals surface area contributed by atoms with Crippen LogP contribution in [0, 0.1) is 12.7 Å². The maximum Gasteiger partial charge on any atom is 0.318 e. The molecular formula is C17H19FN4O2. The normalized spacial score (nSPS) is 20.2. The number of aliphatic hydroxyl groups is 1. The van der Waals surface area contributed by atoms with Crippen molar-refractivity contribution in [1.82, 2.24) is 20.2 Å². The molecule has 2 heterocycles. The lowest BCUT2D eigenvalue weighted by atomic mass is 10.0. The largest absolute Gasteiger partial charge is 0.391 e. The van der Waals surface area contributed by atoms with Gasteiger partial charge in [0.25, 0.3) is 0 Å². The zero-order valence-corrected chi connectivity index (χ0v) is 13.3. The van der Waals surface area contributed by atoms with Gasteiger partial charge < -0.3 is 15.3 Å². The van der Waals surface area contributed by atoms with Crippen molar-refractivity contribution in [2.24, 2.45) is 0 Å². The Hall–Kier alpha value is -2.54. The average molecular weight is 330 g/mol. The first-order valence-corrected chi connectivity index (χ1v) is 7.79. The number of hydrogen-bond acceptors (Lipinski definition) is 4. The molecule has 2 atom stereocenters. The van der Waals surface area contributed by atoms with Gasteiger partial charge in [0.2, 0.25) is 0 Å². The van der Waals surface area contributed by atoms with E-state index in [0.717, 1.165) is 0 Å². The van der Waals surface area contributed by atoms with E-state index in [1.165, 1.54) is 17.0 Å². The highest BCUT2D eigenvalue weighted by atomic mass is 19.1. The number of likely N-dealkylation sites (tertiary alicyclic amines) is 1. The number of aromatic nitrogens is 2. The molecule has 1 aliphatic rings. The summed E-state index contributed by atoms with van der Waals surface area (Å²) in [5.74, 6) is 0.279. The van der Waals surface area contributed by atoms with Crippen molar-refractivity contribution in [2.75, 3.05) is 6.54 Å². The third kappa shape index (κ3) is 3.68. The van der Waals surface area contributed by atoms with Gasteiger partial charge in [0.05, 0.1) is 24.4 Å². The number of carbonyl (C=O) groups excluding carboxylic acids is 1. The summed E-state index contributed by atoms with van der Waals surface area (Å²) in [6.07, 6.45) is 1.41. The number of nitrogens with one attached hydrogen (secondary N) is 1. The van der Waals surface area contributed by atoms with Gasteiger partial charge in [-0.2, -0.15) is 0 Å². The van der Waals surface area contributed by atoms with Crippen LogP contribution < -0.4 is 5.32 Å². The van der Waals surface area contributed by atoms with Gasteiger partial charge in [-0.25, -0.2) is 19.2 Å². The molecule has 0 radical (unpaired) electrons. The summed E-state index contributed by atoms with van der Waals surface area (Å²) in [4.78, 5) is 22.3. The molecule has 7 heteroatoms. The zero-order chi connectivity index (χ0) is 17.1. The number of amides is 2. The zero-order valence-electron chi connectivity index (χ0n) is 13.3. The van der Waals surface area contributed by atoms with E-state index in [9.17, 15) is 14.3 Å². The highest BCUT2D eigenvalue weighted by Gasteiger charge is 2.35. The van der Waals surface area contributed by atoms with E-state index in [2.05, 4.69) is 15.3 Å². The minimum Gasteiger partial charge on any atom is -0.391 e. The Balaban J connectivity index is 1.70. The number of benzene rings is 1. The van der Waals surface area contributed by atoms with Crippen LogP contribution in [0.4, 0.5) is 9.18 Å². The molecule has 1 aromatic carbocycles. The van der Waals surface area contributed by atoms with Gasteiger partial charge in [-0.3, -0.25) is 0 Å². The second-order valence-corrected chi connectivity index (χ2v) is 5.87. The molecule has 2 aromatic rings. The SMILES string of the molecule is Cc1nccc(CNC(=O)N2C[C@H](O)C[C@H]2c2cccc(F)c2)n1. The Kier molecular flexibility index (Phi) is 4.71. The predicted molar refractivity (Wildman–Crippen MR) is 85.5 cm³/mol. The van der Waals surface area contributed by atoms with Crippen LogP contribution in [0.5, 0.6) is 0 Å². The van der Waals surface area contributed by atoms with E-state index in [-0.39, 0.29) is 31.0 Å². The average Bonchev–Trinajstić information content (AvgIpc) is 2.95. The molecule has 24 heavy (non-hydrogen) atoms. The molecule has 126 valence electrons. The van der Waals surface area contributed by atoms with Crippen LogP contribution in [-0.2, 0) is 6.54 Å². The summed E-state index contributed by atoms with van der Waals surface area (Å²) in [6.45, 7) is 2.27. The number of aliphatic hydroxyl groups excluding tert-OH is 1. The fraction of sp³-hybridized carbons (Fsp3) is 0.353. The summed E-state index contributed by atoms with van der Waals surface area (Å²) in [7, 11) is 0. The molecule has 0 unspecified atom stereocenters. The number of halogens is 1. The van der Waals surface area contributed by atoms with Gasteiger partial charge >= 0.3 is 6.03 Å². The molecule has 1 fully saturated rings. The molecular weight excluding hydrogens is 311 g/mol. The summed E-state index contributed by atoms with van der Waals surface area (Å²) in [5, 5.41) is 12.7. The molecule has 0 aliphatic carbocycles. The van der Waals surface area contributed by atoms with Gasteiger partial charge in [0, 0.05) is 12.7 Å². The monoisotopic (exact) mass is 330 g/mol. The van der Waals surface area contributed by atoms with Crippen molar-refractivity contribution in [1.29, 1.82) is 0 Å². The molecule has 1 aromatic heterocycles. The van der Waals surface area contributed by atoms with Crippen molar-refractivity contribution in [3.63, 3.8) is 0 Å². The van der Waals surface area contributed by atoms with Gasteiger partial charge in [0.1, 0.15) is 11.6 Å². The topological polar surface area (TPSA) is 78.4 Å². The lowest BCUT2D eigenvalue weighted by Gasteiger charge is -2.25. The first-order valence-electron chi connectivity index (χ1n) is 7.79. The van der Waals surface area contributed by atoms with E-state index >= 15 is 0 Å². The Labute approximate surface area is 139 Å². The number of urea groups is 1. The molecule has 0 bridgehead atoms. The van der Waals surface area contributed by atoms with E-state index in [1.54, 1.807) is 31.3 Å². The molecule has 0 spiro atoms. The molecule has 6 nitrogen and oxygen atoms in total. The summed E-state index contributed by atoms with van der Waals surface area (Å²) in [6, 6.07) is 7.21. The predicted octanol–water partition coefficient (Wildman–Crippen LogP) is 1.94. The molecule has 1 saturated heterocycles. The van der Waals surface area contributed by atoms with Crippen LogP contribution in [0.15, 0.2) is 36.5 Å². The first-order chi connectivity index (χ1) is 11.5. The van der Waals surface area contributed by atoms with E-state index in [1.807, 2.05) is 0 Å². The Morgan fingerprint density at radius 3 is 3.04 bits per heavy atom. The smallest absolute Gasteiger partial charge is 0.318 e. The minimum atomic E-state index is -0.620. The number of carbonyl (C=O) groups is 1. The number of hydrogen-bond donors (Lipinski definition) is 2. The highest BCUT2D eigenvalue weighted by Crippen LogP contribution is 2.32. The standard InChI is InChI=1S/C17H19FN4O2/c1-11-19-6-5-14(21-11)9-20-17(24)22-10-15(23)8-16(22)12-3-2-4-13(18)7-12/h2-7,15-16,23H,8-10H2,1H3,(H,20,24)/t15-,16+/m1/s1. The maximum atomic E-state index is 13.5. The summed E-state index contributed by atoms with van der Waals surface area (Å²) >= 11 is 0. The van der Waals surface area contributed by atoms with Crippen molar-refractivity contribution in [3.8, 4) is 0 Å². The lowest BCUT2D eigenvalue weighted by Crippen LogP contribution is -2.40. The van der Waals surface area contributed by atoms with Gasteiger partial charge in [-0.05, 0) is 37.1 Å². The fourth-order valence-corrected chi connectivity index (χ4v) is 2.94. The van der Waals surface area contributed by atoms with Gasteiger partial charge in [0.15, 0.2) is 0 Å². The Bertz CT molecular complexity index is 740. The number of aryl methyl sites for hydroxylation is 1. The molecule has 2 N–H and O–H groups in total. The van der Waals surface area contributed by atoms with Crippen LogP contribution in [-0.4, -0.2) is 38.7 Å². The second-order valence-electron chi connectivity index (χ2n) is 5.87. The van der Waals surface area contributed by atoms with Crippen molar-refractivity contribution < 1.29 is 14.3 Å². The van der Waals surface area contributed by atoms with Crippen molar-refractivity contribution in [2.45, 2.75) is 32.0 Å². The Morgan fingerprint density at radius 1 is 1.46 bits per heavy atom. The molecule has 1 aliphatic heterocycles. The molecule has 2 amide bonds. The number of rotatable bonds is 3. The van der Waals surface area contributed by atoms with Crippen LogP contribution in [0.1, 0.15) is 29.5 Å². The van der Waals surface area contributed by atoms with Crippen LogP contribution in [0.25, 0.3) is 0 Å². The summed E-state index contributed by atoms with van der Waals surface area (Å²) < 4.78 is 13.5. The molecule has 0 saturated carbocycles. The number of β-amino-alcohol motifs (C(OH)–C–C–N with tert-alkyl or cyclic N) is 1. The third-order valence-corrected chi connectivity index (χ3v) is 4.03. The van der Waals surface area contributed by atoms with Crippen LogP contribution in [0.2, 0.25) is 0 Å². The van der Waals surface area contributed by atoms with Crippen molar-refractivity contribution >= 4 is 6.03 Å². The minimum absolute atomic E-state index is 0.218. The maximum absolute atomic E-state index is 13.5. The summed E-state index contributed by atoms with van der Waals surface area (Å²) in [5.41, 5.74) is 1.39. The lowest BCUT2D eigenvalue weighted by molar-refractivity contribution is 0.169. The van der Waals surface area contributed by atoms with E-state index < -0.39 is 6.10 Å². The quantitative estimate of drug-likeness (QED) is 0.901. The third-order valence-electron chi connectivity index (χ3n) is 4.03. The highest BCUT2D eigenvalue weighted by molar-refractivity contribution is 5.75. The first kappa shape index (κ1) is 16.3. The van der Waals surface area contributed by atoms with E-state index in [0.29, 0.717) is 23.5 Å². The van der Waals surface area contributed by atoms with Gasteiger partial charge in [-0.1, -0.05) is 12.1 Å². The molecule has 3 rings (SSSR count). The van der Waals surface area contributed by atoms with Gasteiger partial charge in [-0.15, -0.1) is 0 Å².